The van der Waals surface area contributed by atoms with Crippen LogP contribution in [0.2, 0.25) is 0 Å². The molecule has 0 amide bonds. The van der Waals surface area contributed by atoms with Gasteiger partial charge in [-0.15, -0.1) is 0 Å². The van der Waals surface area contributed by atoms with E-state index in [0.29, 0.717) is 11.3 Å². The summed E-state index contributed by atoms with van der Waals surface area (Å²) in [6, 6.07) is 0. The zero-order valence-corrected chi connectivity index (χ0v) is 7.80. The Hall–Kier alpha value is -2.57. The number of ether oxygens (including phenoxy) is 1. The van der Waals surface area contributed by atoms with Crippen LogP contribution in [0.4, 0.5) is 0 Å². The molecule has 1 aromatic rings. The number of carbonyl (C=O) groups is 2. The lowest BCUT2D eigenvalue weighted by Gasteiger charge is -2.03. The van der Waals surface area contributed by atoms with Crippen molar-refractivity contribution in [2.75, 3.05) is 0 Å². The van der Waals surface area contributed by atoms with Crippen molar-refractivity contribution in [1.82, 2.24) is 10.2 Å². The fourth-order valence-corrected chi connectivity index (χ4v) is 1.20. The molecule has 1 aliphatic rings. The van der Waals surface area contributed by atoms with Crippen LogP contribution in [0, 0.1) is 0 Å². The fraction of sp³-hybridized carbons (Fsp3) is 0. The number of H-pyrrole nitrogens is 1. The topological polar surface area (TPSA) is 113 Å². The van der Waals surface area contributed by atoms with Crippen LogP contribution in [0.1, 0.15) is 11.3 Å². The maximum atomic E-state index is 10.8. The number of nitrogens with one attached hydrogen (secondary N) is 1. The van der Waals surface area contributed by atoms with Crippen molar-refractivity contribution in [3.05, 3.63) is 29.0 Å². The van der Waals surface area contributed by atoms with Gasteiger partial charge in [0.1, 0.15) is 0 Å². The summed E-state index contributed by atoms with van der Waals surface area (Å²) >= 11 is 0. The Morgan fingerprint density at radius 3 is 2.44 bits per heavy atom. The summed E-state index contributed by atoms with van der Waals surface area (Å²) in [4.78, 5) is 21.5. The SMILES string of the molecule is O=C(O)C1=Cc2cn[nH]c2C=C(C(=O)O)O1. The lowest BCUT2D eigenvalue weighted by Crippen LogP contribution is -2.09. The molecule has 0 radical (unpaired) electrons. The van der Waals surface area contributed by atoms with Gasteiger partial charge in [-0.3, -0.25) is 5.10 Å². The van der Waals surface area contributed by atoms with Crippen molar-refractivity contribution < 1.29 is 24.5 Å². The number of carboxylic acids is 2. The maximum Gasteiger partial charge on any atom is 0.371 e. The van der Waals surface area contributed by atoms with Crippen LogP contribution in [0.25, 0.3) is 12.2 Å². The minimum atomic E-state index is -1.35. The van der Waals surface area contributed by atoms with E-state index in [4.69, 9.17) is 14.9 Å². The molecule has 7 heteroatoms. The van der Waals surface area contributed by atoms with E-state index in [9.17, 15) is 9.59 Å². The highest BCUT2D eigenvalue weighted by molar-refractivity contribution is 5.96. The van der Waals surface area contributed by atoms with E-state index in [1.165, 1.54) is 18.3 Å². The molecule has 82 valence electrons. The molecule has 7 nitrogen and oxygen atoms in total. The van der Waals surface area contributed by atoms with E-state index in [2.05, 4.69) is 10.2 Å². The van der Waals surface area contributed by atoms with Gasteiger partial charge in [-0.2, -0.15) is 5.10 Å². The number of rotatable bonds is 2. The van der Waals surface area contributed by atoms with Gasteiger partial charge in [0.15, 0.2) is 0 Å². The largest absolute Gasteiger partial charge is 0.475 e. The number of hydrogen-bond donors (Lipinski definition) is 3. The van der Waals surface area contributed by atoms with Crippen LogP contribution in [0.5, 0.6) is 0 Å². The van der Waals surface area contributed by atoms with Gasteiger partial charge in [0.25, 0.3) is 0 Å². The summed E-state index contributed by atoms with van der Waals surface area (Å²) < 4.78 is 4.75. The normalized spacial score (nSPS) is 14.0. The zero-order valence-electron chi connectivity index (χ0n) is 7.80. The highest BCUT2D eigenvalue weighted by atomic mass is 16.5. The number of hydrogen-bond acceptors (Lipinski definition) is 4. The first-order valence-corrected chi connectivity index (χ1v) is 4.19. The Kier molecular flexibility index (Phi) is 2.20. The Morgan fingerprint density at radius 2 is 1.81 bits per heavy atom. The summed E-state index contributed by atoms with van der Waals surface area (Å²) in [5.41, 5.74) is 0.835. The number of aliphatic carboxylic acids is 2. The zero-order chi connectivity index (χ0) is 11.7. The summed E-state index contributed by atoms with van der Waals surface area (Å²) in [6.07, 6.45) is 3.76. The van der Waals surface area contributed by atoms with E-state index in [0.717, 1.165) is 0 Å². The first-order chi connectivity index (χ1) is 7.58. The van der Waals surface area contributed by atoms with Crippen LogP contribution in [0.3, 0.4) is 0 Å². The van der Waals surface area contributed by atoms with Crippen molar-refractivity contribution in [1.29, 1.82) is 0 Å². The lowest BCUT2D eigenvalue weighted by molar-refractivity contribution is -0.138. The molecule has 1 aromatic heterocycles. The number of fused-ring (bicyclic) bond motifs is 1. The van der Waals surface area contributed by atoms with Gasteiger partial charge >= 0.3 is 11.9 Å². The van der Waals surface area contributed by atoms with E-state index >= 15 is 0 Å². The predicted octanol–water partition coefficient (Wildman–Crippen LogP) is 0.291. The van der Waals surface area contributed by atoms with Crippen LogP contribution in [-0.4, -0.2) is 32.3 Å². The molecule has 16 heavy (non-hydrogen) atoms. The molecule has 0 aliphatic carbocycles. The highest BCUT2D eigenvalue weighted by Crippen LogP contribution is 2.21. The quantitative estimate of drug-likeness (QED) is 0.662. The van der Waals surface area contributed by atoms with Crippen LogP contribution in [0.15, 0.2) is 17.7 Å². The average Bonchev–Trinajstić information content (AvgIpc) is 2.55. The average molecular weight is 222 g/mol. The molecule has 0 bridgehead atoms. The predicted molar refractivity (Wildman–Crippen MR) is 50.9 cm³/mol. The Labute approximate surface area is 88.7 Å². The first kappa shape index (κ1) is 9.97. The molecule has 0 saturated heterocycles. The second-order valence-corrected chi connectivity index (χ2v) is 2.97. The molecule has 2 heterocycles. The molecule has 0 aromatic carbocycles. The van der Waals surface area contributed by atoms with Gasteiger partial charge in [-0.05, 0) is 6.08 Å². The van der Waals surface area contributed by atoms with Gasteiger partial charge in [0.2, 0.25) is 11.5 Å². The third kappa shape index (κ3) is 1.65. The van der Waals surface area contributed by atoms with Gasteiger partial charge in [0, 0.05) is 11.6 Å². The third-order valence-corrected chi connectivity index (χ3v) is 1.90. The standard InChI is InChI=1S/C9H6N2O5/c12-8(13)6-1-4-3-10-11-5(4)2-7(16-6)9(14)15/h1-3H,(H,10,11)(H,12,13)(H,14,15). The van der Waals surface area contributed by atoms with E-state index < -0.39 is 23.5 Å². The van der Waals surface area contributed by atoms with Gasteiger partial charge in [-0.25, -0.2) is 9.59 Å². The number of carboxylic acid groups (broad SMARTS) is 2. The van der Waals surface area contributed by atoms with Crippen molar-refractivity contribution in [3.8, 4) is 0 Å². The molecule has 0 saturated carbocycles. The molecule has 0 atom stereocenters. The van der Waals surface area contributed by atoms with Crippen molar-refractivity contribution >= 4 is 24.1 Å². The molecule has 0 fully saturated rings. The van der Waals surface area contributed by atoms with Crippen LogP contribution in [-0.2, 0) is 14.3 Å². The van der Waals surface area contributed by atoms with Gasteiger partial charge in [0.05, 0.1) is 11.9 Å². The molecular weight excluding hydrogens is 216 g/mol. The van der Waals surface area contributed by atoms with E-state index in [1.54, 1.807) is 0 Å². The van der Waals surface area contributed by atoms with Gasteiger partial charge < -0.3 is 14.9 Å². The minimum Gasteiger partial charge on any atom is -0.475 e. The van der Waals surface area contributed by atoms with Crippen LogP contribution < -0.4 is 0 Å². The van der Waals surface area contributed by atoms with E-state index in [1.807, 2.05) is 0 Å². The molecular formula is C9H6N2O5. The van der Waals surface area contributed by atoms with Crippen molar-refractivity contribution in [2.24, 2.45) is 0 Å². The monoisotopic (exact) mass is 222 g/mol. The van der Waals surface area contributed by atoms with Crippen molar-refractivity contribution in [3.63, 3.8) is 0 Å². The molecule has 3 N–H and O–H groups in total. The highest BCUT2D eigenvalue weighted by Gasteiger charge is 2.21. The second kappa shape index (κ2) is 3.54. The third-order valence-electron chi connectivity index (χ3n) is 1.90. The smallest absolute Gasteiger partial charge is 0.371 e. The summed E-state index contributed by atoms with van der Waals surface area (Å²) in [5, 5.41) is 23.8. The maximum absolute atomic E-state index is 10.8. The Balaban J connectivity index is 2.55. The summed E-state index contributed by atoms with van der Waals surface area (Å²) in [6.45, 7) is 0. The summed E-state index contributed by atoms with van der Waals surface area (Å²) in [5.74, 6) is -3.64. The Bertz CT molecular complexity index is 481. The van der Waals surface area contributed by atoms with Crippen LogP contribution >= 0.6 is 0 Å². The molecule has 1 aliphatic heterocycles. The lowest BCUT2D eigenvalue weighted by atomic mass is 10.2. The van der Waals surface area contributed by atoms with E-state index in [-0.39, 0.29) is 0 Å². The molecule has 2 rings (SSSR count). The fourth-order valence-electron chi connectivity index (χ4n) is 1.20. The first-order valence-electron chi connectivity index (χ1n) is 4.19. The number of nitrogens with zero attached hydrogens (tertiary/aromatic N) is 1. The Morgan fingerprint density at radius 1 is 1.19 bits per heavy atom. The molecule has 0 spiro atoms. The van der Waals surface area contributed by atoms with Crippen molar-refractivity contribution in [2.45, 2.75) is 0 Å². The molecule has 0 unspecified atom stereocenters. The minimum absolute atomic E-state index is 0.383. The summed E-state index contributed by atoms with van der Waals surface area (Å²) in [7, 11) is 0. The second-order valence-electron chi connectivity index (χ2n) is 2.97. The number of aromatic nitrogens is 2. The van der Waals surface area contributed by atoms with Gasteiger partial charge in [-0.1, -0.05) is 0 Å². The number of aromatic amines is 1.